The Balaban J connectivity index is 1.98. The van der Waals surface area contributed by atoms with Gasteiger partial charge in [-0.15, -0.1) is 0 Å². The van der Waals surface area contributed by atoms with E-state index in [4.69, 9.17) is 14.2 Å². The Kier molecular flexibility index (Phi) is 5.96. The lowest BCUT2D eigenvalue weighted by atomic mass is 9.85. The van der Waals surface area contributed by atoms with E-state index in [0.717, 1.165) is 30.0 Å². The van der Waals surface area contributed by atoms with Crippen LogP contribution in [-0.4, -0.2) is 50.6 Å². The largest absolute Gasteiger partial charge is 0.486 e. The molecule has 5 heteroatoms. The predicted molar refractivity (Wildman–Crippen MR) is 81.8 cm³/mol. The number of nitrogens with one attached hydrogen (secondary N) is 1. The van der Waals surface area contributed by atoms with Crippen molar-refractivity contribution >= 4 is 0 Å². The molecular weight excluding hydrogens is 268 g/mol. The molecule has 1 aliphatic carbocycles. The fourth-order valence-corrected chi connectivity index (χ4v) is 2.59. The molecule has 3 unspecified atom stereocenters. The predicted octanol–water partition coefficient (Wildman–Crippen LogP) is 1.72. The molecule has 1 aromatic rings. The second-order valence-electron chi connectivity index (χ2n) is 5.37. The van der Waals surface area contributed by atoms with Crippen LogP contribution < -0.4 is 10.1 Å². The maximum Gasteiger partial charge on any atom is 0.141 e. The Hall–Kier alpha value is -1.17. The van der Waals surface area contributed by atoms with Crippen molar-refractivity contribution in [2.75, 3.05) is 27.4 Å². The minimum absolute atomic E-state index is 0.0659. The summed E-state index contributed by atoms with van der Waals surface area (Å²) in [7, 11) is 3.64. The molecule has 1 saturated carbocycles. The van der Waals surface area contributed by atoms with Crippen molar-refractivity contribution in [2.24, 2.45) is 0 Å². The first-order chi connectivity index (χ1) is 10.2. The molecule has 0 saturated heterocycles. The van der Waals surface area contributed by atoms with Gasteiger partial charge in [0.15, 0.2) is 0 Å². The molecule has 3 atom stereocenters. The zero-order chi connectivity index (χ0) is 15.2. The van der Waals surface area contributed by atoms with Gasteiger partial charge in [-0.1, -0.05) is 6.92 Å². The number of likely N-dealkylation sites (N-methyl/N-ethyl adjacent to an activating group) is 1. The molecule has 1 N–H and O–H groups in total. The molecule has 1 aromatic heterocycles. The molecule has 0 bridgehead atoms. The number of ether oxygens (including phenoxy) is 3. The van der Waals surface area contributed by atoms with Gasteiger partial charge in [0, 0.05) is 25.3 Å². The van der Waals surface area contributed by atoms with Crippen molar-refractivity contribution in [3.8, 4) is 5.75 Å². The van der Waals surface area contributed by atoms with Gasteiger partial charge in [0.25, 0.3) is 0 Å². The molecule has 5 nitrogen and oxygen atoms in total. The van der Waals surface area contributed by atoms with Gasteiger partial charge in [-0.3, -0.25) is 4.98 Å². The molecule has 0 amide bonds. The van der Waals surface area contributed by atoms with Crippen molar-refractivity contribution in [2.45, 2.75) is 44.9 Å². The molecule has 0 aliphatic heterocycles. The first kappa shape index (κ1) is 16.2. The van der Waals surface area contributed by atoms with Crippen molar-refractivity contribution < 1.29 is 14.2 Å². The molecule has 1 heterocycles. The van der Waals surface area contributed by atoms with E-state index in [-0.39, 0.29) is 12.2 Å². The lowest BCUT2D eigenvalue weighted by Gasteiger charge is -2.43. The normalized spacial score (nSPS) is 24.7. The summed E-state index contributed by atoms with van der Waals surface area (Å²) in [5.74, 6) is 0.878. The van der Waals surface area contributed by atoms with Crippen LogP contribution >= 0.6 is 0 Å². The third kappa shape index (κ3) is 3.93. The first-order valence-corrected chi connectivity index (χ1v) is 7.60. The van der Waals surface area contributed by atoms with Crippen LogP contribution in [0.25, 0.3) is 0 Å². The number of nitrogens with zero attached hydrogens (tertiary/aromatic N) is 1. The zero-order valence-electron chi connectivity index (χ0n) is 13.4. The summed E-state index contributed by atoms with van der Waals surface area (Å²) in [4.78, 5) is 4.54. The zero-order valence-corrected chi connectivity index (χ0v) is 13.4. The second-order valence-corrected chi connectivity index (χ2v) is 5.37. The fraction of sp³-hybridized carbons (Fsp3) is 0.688. The lowest BCUT2D eigenvalue weighted by Crippen LogP contribution is -2.60. The van der Waals surface area contributed by atoms with E-state index < -0.39 is 0 Å². The van der Waals surface area contributed by atoms with E-state index in [2.05, 4.69) is 17.2 Å². The van der Waals surface area contributed by atoms with Gasteiger partial charge < -0.3 is 19.5 Å². The van der Waals surface area contributed by atoms with Crippen molar-refractivity contribution in [3.63, 3.8) is 0 Å². The number of aromatic nitrogens is 1. The summed E-state index contributed by atoms with van der Waals surface area (Å²) >= 11 is 0. The van der Waals surface area contributed by atoms with E-state index >= 15 is 0 Å². The highest BCUT2D eigenvalue weighted by Gasteiger charge is 2.43. The van der Waals surface area contributed by atoms with E-state index in [1.165, 1.54) is 0 Å². The van der Waals surface area contributed by atoms with Crippen molar-refractivity contribution in [3.05, 3.63) is 23.5 Å². The standard InChI is InChI=1S/C16H26N2O3/c1-5-12-14(7-6-11(2)18-12)21-15-10-13(17-3)16(15)20-9-8-19-4/h6-7,13,15-17H,5,8-10H2,1-4H3. The monoisotopic (exact) mass is 294 g/mol. The molecule has 0 spiro atoms. The lowest BCUT2D eigenvalue weighted by molar-refractivity contribution is -0.114. The highest BCUT2D eigenvalue weighted by Crippen LogP contribution is 2.30. The van der Waals surface area contributed by atoms with Gasteiger partial charge in [-0.25, -0.2) is 0 Å². The Morgan fingerprint density at radius 3 is 2.81 bits per heavy atom. The van der Waals surface area contributed by atoms with Crippen LogP contribution in [0.4, 0.5) is 0 Å². The molecule has 0 radical (unpaired) electrons. The number of hydrogen-bond acceptors (Lipinski definition) is 5. The maximum atomic E-state index is 6.13. The van der Waals surface area contributed by atoms with Crippen LogP contribution in [0.1, 0.15) is 24.7 Å². The first-order valence-electron chi connectivity index (χ1n) is 7.60. The highest BCUT2D eigenvalue weighted by molar-refractivity contribution is 5.30. The van der Waals surface area contributed by atoms with Gasteiger partial charge >= 0.3 is 0 Å². The van der Waals surface area contributed by atoms with Crippen LogP contribution in [0, 0.1) is 6.92 Å². The van der Waals surface area contributed by atoms with E-state index in [1.54, 1.807) is 7.11 Å². The number of pyridine rings is 1. The average Bonchev–Trinajstić information content (AvgIpc) is 2.48. The molecule has 21 heavy (non-hydrogen) atoms. The van der Waals surface area contributed by atoms with Crippen LogP contribution in [0.5, 0.6) is 5.75 Å². The van der Waals surface area contributed by atoms with E-state index in [1.807, 2.05) is 26.1 Å². The number of hydrogen-bond donors (Lipinski definition) is 1. The molecule has 1 fully saturated rings. The molecule has 0 aromatic carbocycles. The minimum Gasteiger partial charge on any atom is -0.486 e. The number of aryl methyl sites for hydroxylation is 2. The van der Waals surface area contributed by atoms with Gasteiger partial charge in [-0.05, 0) is 32.5 Å². The maximum absolute atomic E-state index is 6.13. The quantitative estimate of drug-likeness (QED) is 0.740. The van der Waals surface area contributed by atoms with Gasteiger partial charge in [0.1, 0.15) is 18.0 Å². The topological polar surface area (TPSA) is 52.6 Å². The van der Waals surface area contributed by atoms with Gasteiger partial charge in [0.05, 0.1) is 18.9 Å². The van der Waals surface area contributed by atoms with Gasteiger partial charge in [-0.2, -0.15) is 0 Å². The molecule has 118 valence electrons. The number of rotatable bonds is 8. The minimum atomic E-state index is 0.0659. The third-order valence-corrected chi connectivity index (χ3v) is 3.90. The van der Waals surface area contributed by atoms with E-state index in [9.17, 15) is 0 Å². The summed E-state index contributed by atoms with van der Waals surface area (Å²) in [5, 5.41) is 3.27. The Morgan fingerprint density at radius 2 is 2.14 bits per heavy atom. The molecular formula is C16H26N2O3. The fourth-order valence-electron chi connectivity index (χ4n) is 2.59. The molecule has 2 rings (SSSR count). The SMILES string of the molecule is CCc1nc(C)ccc1OC1CC(NC)C1OCCOC. The Morgan fingerprint density at radius 1 is 1.33 bits per heavy atom. The summed E-state index contributed by atoms with van der Waals surface area (Å²) in [5.41, 5.74) is 2.03. The van der Waals surface area contributed by atoms with Crippen LogP contribution in [0.3, 0.4) is 0 Å². The highest BCUT2D eigenvalue weighted by atomic mass is 16.6. The smallest absolute Gasteiger partial charge is 0.141 e. The van der Waals surface area contributed by atoms with Crippen molar-refractivity contribution in [1.29, 1.82) is 0 Å². The van der Waals surface area contributed by atoms with Crippen LogP contribution in [0.2, 0.25) is 0 Å². The van der Waals surface area contributed by atoms with Crippen molar-refractivity contribution in [1.82, 2.24) is 10.3 Å². The van der Waals surface area contributed by atoms with Gasteiger partial charge in [0.2, 0.25) is 0 Å². The van der Waals surface area contributed by atoms with E-state index in [0.29, 0.717) is 19.3 Å². The Bertz CT molecular complexity index is 453. The Labute approximate surface area is 127 Å². The summed E-state index contributed by atoms with van der Waals surface area (Å²) in [6.07, 6.45) is 1.96. The third-order valence-electron chi connectivity index (χ3n) is 3.90. The summed E-state index contributed by atoms with van der Waals surface area (Å²) in [6, 6.07) is 4.35. The summed E-state index contributed by atoms with van der Waals surface area (Å²) in [6.45, 7) is 5.29. The van der Waals surface area contributed by atoms with Crippen LogP contribution in [-0.2, 0) is 15.9 Å². The van der Waals surface area contributed by atoms with Crippen LogP contribution in [0.15, 0.2) is 12.1 Å². The average molecular weight is 294 g/mol. The molecule has 1 aliphatic rings. The summed E-state index contributed by atoms with van der Waals surface area (Å²) < 4.78 is 17.0. The second kappa shape index (κ2) is 7.73. The number of methoxy groups -OCH3 is 1.